The van der Waals surface area contributed by atoms with E-state index in [4.69, 9.17) is 9.26 Å². The van der Waals surface area contributed by atoms with E-state index >= 15 is 0 Å². The second-order valence-electron chi connectivity index (χ2n) is 7.52. The van der Waals surface area contributed by atoms with Crippen molar-refractivity contribution in [3.63, 3.8) is 0 Å². The van der Waals surface area contributed by atoms with Crippen molar-refractivity contribution >= 4 is 11.8 Å². The van der Waals surface area contributed by atoms with Crippen molar-refractivity contribution in [1.82, 2.24) is 15.0 Å². The maximum absolute atomic E-state index is 13.2. The number of ether oxygens (including phenoxy) is 1. The van der Waals surface area contributed by atoms with Crippen LogP contribution in [0.4, 0.5) is 0 Å². The third kappa shape index (κ3) is 2.40. The first-order valence-electron chi connectivity index (χ1n) is 9.32. The summed E-state index contributed by atoms with van der Waals surface area (Å²) in [7, 11) is 1.73. The number of nitrogens with zero attached hydrogens (tertiary/aromatic N) is 3. The van der Waals surface area contributed by atoms with Gasteiger partial charge < -0.3 is 19.1 Å². The number of hydrogen-bond donors (Lipinski definition) is 0. The van der Waals surface area contributed by atoms with Crippen LogP contribution in [0, 0.1) is 11.8 Å². The van der Waals surface area contributed by atoms with E-state index in [2.05, 4.69) is 19.0 Å². The molecule has 3 aliphatic rings. The number of aromatic nitrogens is 1. The van der Waals surface area contributed by atoms with Gasteiger partial charge in [0.2, 0.25) is 11.8 Å². The summed E-state index contributed by atoms with van der Waals surface area (Å²) in [6, 6.07) is 1.93. The predicted octanol–water partition coefficient (Wildman–Crippen LogP) is 1.60. The molecule has 3 aliphatic heterocycles. The van der Waals surface area contributed by atoms with E-state index in [0.717, 1.165) is 12.8 Å². The number of amides is 2. The van der Waals surface area contributed by atoms with Gasteiger partial charge in [0.25, 0.3) is 0 Å². The molecule has 0 aromatic carbocycles. The number of rotatable bonds is 6. The average molecular weight is 359 g/mol. The van der Waals surface area contributed by atoms with Crippen LogP contribution in [0.1, 0.15) is 32.4 Å². The molecule has 7 heteroatoms. The molecule has 7 nitrogen and oxygen atoms in total. The summed E-state index contributed by atoms with van der Waals surface area (Å²) in [5.74, 6) is -0.915. The molecule has 4 atom stereocenters. The van der Waals surface area contributed by atoms with Gasteiger partial charge in [-0.2, -0.15) is 0 Å². The number of carbonyl (C=O) groups is 2. The van der Waals surface area contributed by atoms with Gasteiger partial charge in [0, 0.05) is 19.2 Å². The third-order valence-corrected chi connectivity index (χ3v) is 6.06. The van der Waals surface area contributed by atoms with E-state index in [9.17, 15) is 9.59 Å². The highest BCUT2D eigenvalue weighted by Crippen LogP contribution is 2.52. The molecule has 1 spiro atoms. The van der Waals surface area contributed by atoms with Crippen LogP contribution in [0.5, 0.6) is 0 Å². The molecule has 2 bridgehead atoms. The van der Waals surface area contributed by atoms with Crippen LogP contribution < -0.4 is 0 Å². The maximum Gasteiger partial charge on any atom is 0.230 e. The minimum Gasteiger partial charge on any atom is -0.364 e. The smallest absolute Gasteiger partial charge is 0.230 e. The van der Waals surface area contributed by atoms with Crippen LogP contribution in [0.3, 0.4) is 0 Å². The third-order valence-electron chi connectivity index (χ3n) is 6.06. The Morgan fingerprint density at radius 2 is 2.23 bits per heavy atom. The van der Waals surface area contributed by atoms with Gasteiger partial charge in [0.1, 0.15) is 17.6 Å². The standard InChI is InChI=1S/C19H25N3O4/c1-4-13(5-2)22-11-19-8-6-14(26-19)15(16(19)18(22)24)17(23)21(3)10-12-7-9-25-20-12/h6-9,13-16H,4-5,10-11H2,1-3H3/t14-,15+,16+,19-/m0/s1. The lowest BCUT2D eigenvalue weighted by atomic mass is 9.76. The number of fused-ring (bicyclic) bond motifs is 1. The molecule has 2 amide bonds. The van der Waals surface area contributed by atoms with Crippen molar-refractivity contribution in [3.8, 4) is 0 Å². The van der Waals surface area contributed by atoms with Crippen molar-refractivity contribution in [2.24, 2.45) is 11.8 Å². The molecule has 26 heavy (non-hydrogen) atoms. The van der Waals surface area contributed by atoms with Crippen molar-refractivity contribution in [2.45, 2.75) is 51.0 Å². The Hall–Kier alpha value is -2.15. The minimum absolute atomic E-state index is 0.0544. The zero-order valence-corrected chi connectivity index (χ0v) is 15.4. The van der Waals surface area contributed by atoms with Crippen LogP contribution in [-0.4, -0.2) is 58.1 Å². The second-order valence-corrected chi connectivity index (χ2v) is 7.52. The van der Waals surface area contributed by atoms with Crippen LogP contribution >= 0.6 is 0 Å². The van der Waals surface area contributed by atoms with Crippen LogP contribution in [0.25, 0.3) is 0 Å². The fourth-order valence-electron chi connectivity index (χ4n) is 4.74. The Kier molecular flexibility index (Phi) is 4.14. The van der Waals surface area contributed by atoms with Crippen molar-refractivity contribution in [2.75, 3.05) is 13.6 Å². The topological polar surface area (TPSA) is 75.9 Å². The normalized spacial score (nSPS) is 31.9. The zero-order valence-electron chi connectivity index (χ0n) is 15.4. The largest absolute Gasteiger partial charge is 0.364 e. The van der Waals surface area contributed by atoms with Gasteiger partial charge in [-0.3, -0.25) is 9.59 Å². The molecule has 140 valence electrons. The molecule has 0 saturated carbocycles. The van der Waals surface area contributed by atoms with Gasteiger partial charge in [-0.05, 0) is 12.8 Å². The van der Waals surface area contributed by atoms with Gasteiger partial charge in [0.15, 0.2) is 0 Å². The molecule has 0 N–H and O–H groups in total. The van der Waals surface area contributed by atoms with Gasteiger partial charge in [-0.25, -0.2) is 0 Å². The molecular formula is C19H25N3O4. The zero-order chi connectivity index (χ0) is 18.5. The van der Waals surface area contributed by atoms with Gasteiger partial charge in [0.05, 0.1) is 31.0 Å². The van der Waals surface area contributed by atoms with Gasteiger partial charge in [-0.1, -0.05) is 31.2 Å². The van der Waals surface area contributed by atoms with E-state index in [-0.39, 0.29) is 24.0 Å². The van der Waals surface area contributed by atoms with E-state index < -0.39 is 17.4 Å². The van der Waals surface area contributed by atoms with Crippen molar-refractivity contribution in [3.05, 3.63) is 30.2 Å². The summed E-state index contributed by atoms with van der Waals surface area (Å²) < 4.78 is 11.0. The molecule has 0 aliphatic carbocycles. The first kappa shape index (κ1) is 17.3. The molecule has 2 fully saturated rings. The average Bonchev–Trinajstić information content (AvgIpc) is 3.38. The molecule has 1 aromatic heterocycles. The Balaban J connectivity index is 1.57. The fraction of sp³-hybridized carbons (Fsp3) is 0.632. The SMILES string of the molecule is CCC(CC)N1C[C@]23C=C[C@H](O2)[C@@H](C(=O)N(C)Cc2ccon2)[C@@H]3C1=O. The highest BCUT2D eigenvalue weighted by atomic mass is 16.5. The molecule has 4 heterocycles. The van der Waals surface area contributed by atoms with Crippen LogP contribution in [0.15, 0.2) is 29.0 Å². The number of likely N-dealkylation sites (tertiary alicyclic amines) is 1. The van der Waals surface area contributed by atoms with E-state index in [1.54, 1.807) is 18.0 Å². The summed E-state index contributed by atoms with van der Waals surface area (Å²) in [6.07, 6.45) is 6.93. The summed E-state index contributed by atoms with van der Waals surface area (Å²) in [5, 5.41) is 3.86. The Labute approximate surface area is 152 Å². The molecular weight excluding hydrogens is 334 g/mol. The molecule has 0 unspecified atom stereocenters. The lowest BCUT2D eigenvalue weighted by Gasteiger charge is -2.29. The van der Waals surface area contributed by atoms with Crippen LogP contribution in [0.2, 0.25) is 0 Å². The quantitative estimate of drug-likeness (QED) is 0.721. The van der Waals surface area contributed by atoms with Gasteiger partial charge >= 0.3 is 0 Å². The molecule has 0 radical (unpaired) electrons. The van der Waals surface area contributed by atoms with Gasteiger partial charge in [-0.15, -0.1) is 0 Å². The minimum atomic E-state index is -0.639. The van der Waals surface area contributed by atoms with E-state index in [1.165, 1.54) is 6.26 Å². The Morgan fingerprint density at radius 3 is 2.88 bits per heavy atom. The number of hydrogen-bond acceptors (Lipinski definition) is 5. The lowest BCUT2D eigenvalue weighted by Crippen LogP contribution is -2.45. The monoisotopic (exact) mass is 359 g/mol. The predicted molar refractivity (Wildman–Crippen MR) is 92.8 cm³/mol. The highest BCUT2D eigenvalue weighted by molar-refractivity contribution is 5.93. The van der Waals surface area contributed by atoms with E-state index in [0.29, 0.717) is 18.8 Å². The fourth-order valence-corrected chi connectivity index (χ4v) is 4.74. The first-order chi connectivity index (χ1) is 12.5. The van der Waals surface area contributed by atoms with Crippen molar-refractivity contribution < 1.29 is 18.8 Å². The Morgan fingerprint density at radius 1 is 1.46 bits per heavy atom. The molecule has 2 saturated heterocycles. The second kappa shape index (κ2) is 6.23. The molecule has 1 aromatic rings. The summed E-state index contributed by atoms with van der Waals surface area (Å²) in [4.78, 5) is 29.9. The van der Waals surface area contributed by atoms with Crippen LogP contribution in [-0.2, 0) is 20.9 Å². The maximum atomic E-state index is 13.2. The van der Waals surface area contributed by atoms with E-state index in [1.807, 2.05) is 17.1 Å². The lowest BCUT2D eigenvalue weighted by molar-refractivity contribution is -0.143. The summed E-state index contributed by atoms with van der Waals surface area (Å²) in [6.45, 7) is 5.09. The Bertz CT molecular complexity index is 727. The molecule has 4 rings (SSSR count). The summed E-state index contributed by atoms with van der Waals surface area (Å²) in [5.41, 5.74) is 0.0472. The first-order valence-corrected chi connectivity index (χ1v) is 9.32. The number of carbonyl (C=O) groups excluding carboxylic acids is 2. The highest BCUT2D eigenvalue weighted by Gasteiger charge is 2.67. The van der Waals surface area contributed by atoms with Crippen molar-refractivity contribution in [1.29, 1.82) is 0 Å². The summed E-state index contributed by atoms with van der Waals surface area (Å²) >= 11 is 0.